The summed E-state index contributed by atoms with van der Waals surface area (Å²) in [6, 6.07) is 5.35. The van der Waals surface area contributed by atoms with Gasteiger partial charge in [-0.05, 0) is 37.1 Å². The minimum Gasteiger partial charge on any atom is -0.337 e. The van der Waals surface area contributed by atoms with Crippen molar-refractivity contribution in [2.75, 3.05) is 5.32 Å². The van der Waals surface area contributed by atoms with E-state index < -0.39 is 0 Å². The highest BCUT2D eigenvalue weighted by molar-refractivity contribution is 6.43. The largest absolute Gasteiger partial charge is 0.337 e. The SMILES string of the molecule is Cc1c(Cl)nnc(Nc2cccc(Cl)c2Cl)c1C. The maximum atomic E-state index is 6.10. The third-order valence-electron chi connectivity index (χ3n) is 2.67. The number of anilines is 2. The van der Waals surface area contributed by atoms with E-state index in [4.69, 9.17) is 34.8 Å². The van der Waals surface area contributed by atoms with E-state index in [1.165, 1.54) is 0 Å². The van der Waals surface area contributed by atoms with Crippen molar-refractivity contribution in [3.63, 3.8) is 0 Å². The van der Waals surface area contributed by atoms with Crippen LogP contribution in [0.3, 0.4) is 0 Å². The summed E-state index contributed by atoms with van der Waals surface area (Å²) in [6.07, 6.45) is 0. The topological polar surface area (TPSA) is 37.8 Å². The summed E-state index contributed by atoms with van der Waals surface area (Å²) in [6.45, 7) is 3.80. The summed E-state index contributed by atoms with van der Waals surface area (Å²) >= 11 is 17.9. The Morgan fingerprint density at radius 3 is 2.44 bits per heavy atom. The Kier molecular flexibility index (Phi) is 3.95. The second-order valence-corrected chi connectivity index (χ2v) is 4.96. The molecule has 94 valence electrons. The minimum atomic E-state index is 0.398. The van der Waals surface area contributed by atoms with Crippen LogP contribution in [0.2, 0.25) is 15.2 Å². The van der Waals surface area contributed by atoms with Gasteiger partial charge in [0, 0.05) is 0 Å². The number of nitrogens with one attached hydrogen (secondary N) is 1. The molecule has 0 fully saturated rings. The standard InChI is InChI=1S/C12H10Cl3N3/c1-6-7(2)12(18-17-11(6)15)16-9-5-3-4-8(13)10(9)14/h3-5H,1-2H3,(H,16,18). The van der Waals surface area contributed by atoms with Crippen LogP contribution in [0.25, 0.3) is 0 Å². The van der Waals surface area contributed by atoms with Gasteiger partial charge < -0.3 is 5.32 Å². The van der Waals surface area contributed by atoms with E-state index in [9.17, 15) is 0 Å². The molecule has 0 aliphatic carbocycles. The second-order valence-electron chi connectivity index (χ2n) is 3.82. The van der Waals surface area contributed by atoms with Crippen molar-refractivity contribution in [1.29, 1.82) is 0 Å². The van der Waals surface area contributed by atoms with Crippen LogP contribution in [0.1, 0.15) is 11.1 Å². The number of benzene rings is 1. The molecule has 1 aromatic heterocycles. The molecule has 0 bridgehead atoms. The minimum absolute atomic E-state index is 0.398. The average Bonchev–Trinajstić information content (AvgIpc) is 2.35. The summed E-state index contributed by atoms with van der Waals surface area (Å²) in [5.74, 6) is 0.612. The smallest absolute Gasteiger partial charge is 0.156 e. The van der Waals surface area contributed by atoms with Crippen molar-refractivity contribution in [3.05, 3.63) is 44.5 Å². The molecule has 0 saturated carbocycles. The van der Waals surface area contributed by atoms with Crippen LogP contribution in [0.5, 0.6) is 0 Å². The lowest BCUT2D eigenvalue weighted by atomic mass is 10.2. The van der Waals surface area contributed by atoms with Crippen LogP contribution in [0.15, 0.2) is 18.2 Å². The van der Waals surface area contributed by atoms with Gasteiger partial charge in [0.25, 0.3) is 0 Å². The van der Waals surface area contributed by atoms with E-state index >= 15 is 0 Å². The van der Waals surface area contributed by atoms with Gasteiger partial charge in [-0.1, -0.05) is 40.9 Å². The maximum absolute atomic E-state index is 6.10. The molecule has 6 heteroatoms. The number of aromatic nitrogens is 2. The molecule has 18 heavy (non-hydrogen) atoms. The molecule has 0 atom stereocenters. The van der Waals surface area contributed by atoms with Crippen LogP contribution in [0, 0.1) is 13.8 Å². The summed E-state index contributed by atoms with van der Waals surface area (Å²) in [5.41, 5.74) is 2.49. The predicted molar refractivity (Wildman–Crippen MR) is 76.3 cm³/mol. The fourth-order valence-corrected chi connectivity index (χ4v) is 1.95. The van der Waals surface area contributed by atoms with Gasteiger partial charge in [0.2, 0.25) is 0 Å². The maximum Gasteiger partial charge on any atom is 0.156 e. The average molecular weight is 303 g/mol. The number of rotatable bonds is 2. The normalized spacial score (nSPS) is 10.5. The Balaban J connectivity index is 2.41. The zero-order chi connectivity index (χ0) is 13.3. The third-order valence-corrected chi connectivity index (χ3v) is 3.85. The molecule has 2 rings (SSSR count). The lowest BCUT2D eigenvalue weighted by Crippen LogP contribution is -2.01. The lowest BCUT2D eigenvalue weighted by Gasteiger charge is -2.12. The second kappa shape index (κ2) is 5.31. The predicted octanol–water partition coefficient (Wildman–Crippen LogP) is 4.80. The van der Waals surface area contributed by atoms with Gasteiger partial charge >= 0.3 is 0 Å². The number of nitrogens with zero attached hydrogens (tertiary/aromatic N) is 2. The first kappa shape index (κ1) is 13.4. The summed E-state index contributed by atoms with van der Waals surface area (Å²) in [5, 5.41) is 12.3. The van der Waals surface area contributed by atoms with Gasteiger partial charge in [-0.2, -0.15) is 0 Å². The third kappa shape index (κ3) is 2.53. The molecule has 0 aliphatic rings. The van der Waals surface area contributed by atoms with Crippen molar-refractivity contribution >= 4 is 46.3 Å². The van der Waals surface area contributed by atoms with Gasteiger partial charge in [0.05, 0.1) is 15.7 Å². The molecule has 0 amide bonds. The number of halogens is 3. The molecule has 0 saturated heterocycles. The zero-order valence-corrected chi connectivity index (χ0v) is 12.0. The quantitative estimate of drug-likeness (QED) is 0.866. The number of hydrogen-bond acceptors (Lipinski definition) is 3. The molecule has 1 N–H and O–H groups in total. The van der Waals surface area contributed by atoms with E-state index in [0.717, 1.165) is 11.1 Å². The molecular weight excluding hydrogens is 293 g/mol. The molecule has 1 aromatic carbocycles. The van der Waals surface area contributed by atoms with Crippen LogP contribution in [-0.4, -0.2) is 10.2 Å². The van der Waals surface area contributed by atoms with Gasteiger partial charge in [-0.25, -0.2) is 0 Å². The Bertz CT molecular complexity index is 599. The van der Waals surface area contributed by atoms with Crippen molar-refractivity contribution < 1.29 is 0 Å². The highest BCUT2D eigenvalue weighted by Gasteiger charge is 2.10. The highest BCUT2D eigenvalue weighted by Crippen LogP contribution is 2.32. The number of hydrogen-bond donors (Lipinski definition) is 1. The van der Waals surface area contributed by atoms with Crippen LogP contribution >= 0.6 is 34.8 Å². The van der Waals surface area contributed by atoms with Crippen molar-refractivity contribution in [1.82, 2.24) is 10.2 Å². The van der Waals surface area contributed by atoms with Crippen molar-refractivity contribution in [2.24, 2.45) is 0 Å². The summed E-state index contributed by atoms with van der Waals surface area (Å²) in [7, 11) is 0. The first-order chi connectivity index (χ1) is 8.50. The van der Waals surface area contributed by atoms with Gasteiger partial charge in [0.15, 0.2) is 11.0 Å². The van der Waals surface area contributed by atoms with Crippen LogP contribution in [0.4, 0.5) is 11.5 Å². The molecule has 0 radical (unpaired) electrons. The highest BCUT2D eigenvalue weighted by atomic mass is 35.5. The monoisotopic (exact) mass is 301 g/mol. The Morgan fingerprint density at radius 1 is 1.00 bits per heavy atom. The summed E-state index contributed by atoms with van der Waals surface area (Å²) < 4.78 is 0. The van der Waals surface area contributed by atoms with E-state index in [2.05, 4.69) is 15.5 Å². The van der Waals surface area contributed by atoms with E-state index in [0.29, 0.717) is 26.7 Å². The molecule has 3 nitrogen and oxygen atoms in total. The lowest BCUT2D eigenvalue weighted by molar-refractivity contribution is 1.00. The Labute approximate surface area is 120 Å². The van der Waals surface area contributed by atoms with E-state index in [-0.39, 0.29) is 0 Å². The molecule has 2 aromatic rings. The fourth-order valence-electron chi connectivity index (χ4n) is 1.42. The van der Waals surface area contributed by atoms with Gasteiger partial charge in [-0.3, -0.25) is 0 Å². The first-order valence-corrected chi connectivity index (χ1v) is 6.34. The summed E-state index contributed by atoms with van der Waals surface area (Å²) in [4.78, 5) is 0. The first-order valence-electron chi connectivity index (χ1n) is 5.21. The Morgan fingerprint density at radius 2 is 1.72 bits per heavy atom. The zero-order valence-electron chi connectivity index (χ0n) is 9.76. The van der Waals surface area contributed by atoms with Crippen LogP contribution in [-0.2, 0) is 0 Å². The van der Waals surface area contributed by atoms with Gasteiger partial charge in [0.1, 0.15) is 0 Å². The van der Waals surface area contributed by atoms with Crippen LogP contribution < -0.4 is 5.32 Å². The molecule has 0 spiro atoms. The van der Waals surface area contributed by atoms with Crippen molar-refractivity contribution in [2.45, 2.75) is 13.8 Å². The molecule has 1 heterocycles. The Hall–Kier alpha value is -1.03. The van der Waals surface area contributed by atoms with E-state index in [1.54, 1.807) is 6.07 Å². The van der Waals surface area contributed by atoms with Crippen molar-refractivity contribution in [3.8, 4) is 0 Å². The molecule has 0 aliphatic heterocycles. The molecular formula is C12H10Cl3N3. The van der Waals surface area contributed by atoms with E-state index in [1.807, 2.05) is 26.0 Å². The molecule has 0 unspecified atom stereocenters. The van der Waals surface area contributed by atoms with Gasteiger partial charge in [-0.15, -0.1) is 10.2 Å². The fraction of sp³-hybridized carbons (Fsp3) is 0.167.